The lowest BCUT2D eigenvalue weighted by molar-refractivity contribution is -0.117. The molecule has 0 fully saturated rings. The highest BCUT2D eigenvalue weighted by Gasteiger charge is 2.02. The Bertz CT molecular complexity index is 395. The van der Waals surface area contributed by atoms with E-state index in [1.165, 1.54) is 0 Å². The Morgan fingerprint density at radius 2 is 2.00 bits per heavy atom. The van der Waals surface area contributed by atoms with Gasteiger partial charge >= 0.3 is 0 Å². The molecule has 0 bridgehead atoms. The van der Waals surface area contributed by atoms with Gasteiger partial charge in [-0.05, 0) is 37.1 Å². The third kappa shape index (κ3) is 5.05. The van der Waals surface area contributed by atoms with Gasteiger partial charge in [0.2, 0.25) is 5.91 Å². The number of carbonyl (C=O) groups is 1. The quantitative estimate of drug-likeness (QED) is 0.628. The van der Waals surface area contributed by atoms with Gasteiger partial charge in [0, 0.05) is 17.1 Å². The lowest BCUT2D eigenvalue weighted by atomic mass is 10.1. The van der Waals surface area contributed by atoms with Crippen LogP contribution in [0.4, 0.5) is 0 Å². The molecule has 1 rings (SSSR count). The summed E-state index contributed by atoms with van der Waals surface area (Å²) in [6.07, 6.45) is 3.96. The summed E-state index contributed by atoms with van der Waals surface area (Å²) < 4.78 is 0. The number of unbranched alkanes of at least 4 members (excludes halogenated alkanes) is 1. The third-order valence-electron chi connectivity index (χ3n) is 2.43. The first-order valence-electron chi connectivity index (χ1n) is 5.85. The molecule has 0 aliphatic rings. The van der Waals surface area contributed by atoms with E-state index in [9.17, 15) is 4.79 Å². The van der Waals surface area contributed by atoms with Crippen molar-refractivity contribution in [3.05, 3.63) is 40.4 Å². The van der Waals surface area contributed by atoms with Gasteiger partial charge in [-0.25, -0.2) is 0 Å². The van der Waals surface area contributed by atoms with Crippen molar-refractivity contribution in [1.82, 2.24) is 5.32 Å². The Kier molecular flexibility index (Phi) is 5.78. The number of rotatable bonds is 5. The van der Waals surface area contributed by atoms with Crippen LogP contribution in [0.25, 0.3) is 6.08 Å². The summed E-state index contributed by atoms with van der Waals surface area (Å²) in [5, 5.41) is 3.58. The van der Waals surface area contributed by atoms with E-state index in [0.29, 0.717) is 10.6 Å². The fraction of sp³-hybridized carbons (Fsp3) is 0.357. The van der Waals surface area contributed by atoms with Crippen LogP contribution in [0.15, 0.2) is 29.8 Å². The number of hydrogen-bond donors (Lipinski definition) is 1. The SMILES string of the molecule is CCCCNC(=O)/C(C)=C/c1ccc(Cl)cc1. The first-order chi connectivity index (χ1) is 8.13. The second-order valence-electron chi connectivity index (χ2n) is 3.99. The van der Waals surface area contributed by atoms with Crippen LogP contribution in [0, 0.1) is 0 Å². The Morgan fingerprint density at radius 3 is 2.59 bits per heavy atom. The predicted octanol–water partition coefficient (Wildman–Crippen LogP) is 3.66. The molecular formula is C14H18ClNO. The maximum absolute atomic E-state index is 11.7. The van der Waals surface area contributed by atoms with Crippen molar-refractivity contribution in [2.75, 3.05) is 6.54 Å². The average Bonchev–Trinajstić information content (AvgIpc) is 2.32. The van der Waals surface area contributed by atoms with E-state index in [2.05, 4.69) is 12.2 Å². The molecule has 1 N–H and O–H groups in total. The van der Waals surface area contributed by atoms with Gasteiger partial charge in [-0.15, -0.1) is 0 Å². The molecule has 1 amide bonds. The van der Waals surface area contributed by atoms with E-state index in [-0.39, 0.29) is 5.91 Å². The molecule has 0 radical (unpaired) electrons. The highest BCUT2D eigenvalue weighted by molar-refractivity contribution is 6.30. The Hall–Kier alpha value is -1.28. The van der Waals surface area contributed by atoms with Gasteiger partial charge < -0.3 is 5.32 Å². The van der Waals surface area contributed by atoms with E-state index < -0.39 is 0 Å². The summed E-state index contributed by atoms with van der Waals surface area (Å²) in [5.41, 5.74) is 1.70. The molecule has 0 aliphatic carbocycles. The van der Waals surface area contributed by atoms with Crippen molar-refractivity contribution in [2.24, 2.45) is 0 Å². The van der Waals surface area contributed by atoms with Gasteiger partial charge in [0.25, 0.3) is 0 Å². The molecule has 1 aromatic carbocycles. The molecule has 3 heteroatoms. The molecule has 92 valence electrons. The molecule has 2 nitrogen and oxygen atoms in total. The van der Waals surface area contributed by atoms with Gasteiger partial charge in [0.1, 0.15) is 0 Å². The van der Waals surface area contributed by atoms with Crippen LogP contribution in [0.2, 0.25) is 5.02 Å². The zero-order chi connectivity index (χ0) is 12.7. The fourth-order valence-electron chi connectivity index (χ4n) is 1.39. The standard InChI is InChI=1S/C14H18ClNO/c1-3-4-9-16-14(17)11(2)10-12-5-7-13(15)8-6-12/h5-8,10H,3-4,9H2,1-2H3,(H,16,17)/b11-10+. The summed E-state index contributed by atoms with van der Waals surface area (Å²) in [5.74, 6) is -0.00611. The number of carbonyl (C=O) groups excluding carboxylic acids is 1. The number of nitrogens with one attached hydrogen (secondary N) is 1. The minimum absolute atomic E-state index is 0.00611. The summed E-state index contributed by atoms with van der Waals surface area (Å²) in [6, 6.07) is 7.42. The summed E-state index contributed by atoms with van der Waals surface area (Å²) in [4.78, 5) is 11.7. The highest BCUT2D eigenvalue weighted by atomic mass is 35.5. The van der Waals surface area contributed by atoms with E-state index in [1.54, 1.807) is 0 Å². The monoisotopic (exact) mass is 251 g/mol. The lowest BCUT2D eigenvalue weighted by Crippen LogP contribution is -2.24. The molecule has 0 saturated heterocycles. The lowest BCUT2D eigenvalue weighted by Gasteiger charge is -2.04. The summed E-state index contributed by atoms with van der Waals surface area (Å²) >= 11 is 5.80. The second-order valence-corrected chi connectivity index (χ2v) is 4.42. The van der Waals surface area contributed by atoms with Gasteiger partial charge in [-0.1, -0.05) is 37.1 Å². The smallest absolute Gasteiger partial charge is 0.246 e. The number of benzene rings is 1. The average molecular weight is 252 g/mol. The normalized spacial score (nSPS) is 11.4. The Balaban J connectivity index is 2.59. The fourth-order valence-corrected chi connectivity index (χ4v) is 1.52. The molecule has 0 aliphatic heterocycles. The van der Waals surface area contributed by atoms with Crippen molar-refractivity contribution in [3.8, 4) is 0 Å². The largest absolute Gasteiger partial charge is 0.352 e. The highest BCUT2D eigenvalue weighted by Crippen LogP contribution is 2.12. The second kappa shape index (κ2) is 7.13. The maximum atomic E-state index is 11.7. The maximum Gasteiger partial charge on any atom is 0.246 e. The van der Waals surface area contributed by atoms with Gasteiger partial charge in [0.05, 0.1) is 0 Å². The number of hydrogen-bond acceptors (Lipinski definition) is 1. The topological polar surface area (TPSA) is 29.1 Å². The van der Waals surface area contributed by atoms with Crippen LogP contribution in [0.3, 0.4) is 0 Å². The van der Waals surface area contributed by atoms with Crippen molar-refractivity contribution < 1.29 is 4.79 Å². The Labute approximate surface area is 108 Å². The van der Waals surface area contributed by atoms with Crippen molar-refractivity contribution in [2.45, 2.75) is 26.7 Å². The van der Waals surface area contributed by atoms with E-state index in [1.807, 2.05) is 37.3 Å². The van der Waals surface area contributed by atoms with Crippen LogP contribution in [-0.4, -0.2) is 12.5 Å². The zero-order valence-corrected chi connectivity index (χ0v) is 11.1. The van der Waals surface area contributed by atoms with E-state index in [0.717, 1.165) is 24.9 Å². The minimum Gasteiger partial charge on any atom is -0.352 e. The van der Waals surface area contributed by atoms with Gasteiger partial charge in [0.15, 0.2) is 0 Å². The van der Waals surface area contributed by atoms with Crippen LogP contribution >= 0.6 is 11.6 Å². The van der Waals surface area contributed by atoms with Crippen LogP contribution < -0.4 is 5.32 Å². The molecule has 0 spiro atoms. The third-order valence-corrected chi connectivity index (χ3v) is 2.68. The summed E-state index contributed by atoms with van der Waals surface area (Å²) in [6.45, 7) is 4.65. The van der Waals surface area contributed by atoms with Crippen LogP contribution in [-0.2, 0) is 4.79 Å². The van der Waals surface area contributed by atoms with Crippen LogP contribution in [0.5, 0.6) is 0 Å². The van der Waals surface area contributed by atoms with E-state index >= 15 is 0 Å². The van der Waals surface area contributed by atoms with Gasteiger partial charge in [-0.3, -0.25) is 4.79 Å². The van der Waals surface area contributed by atoms with Crippen molar-refractivity contribution >= 4 is 23.6 Å². The van der Waals surface area contributed by atoms with E-state index in [4.69, 9.17) is 11.6 Å². The first-order valence-corrected chi connectivity index (χ1v) is 6.23. The van der Waals surface area contributed by atoms with Gasteiger partial charge in [-0.2, -0.15) is 0 Å². The molecule has 17 heavy (non-hydrogen) atoms. The molecule has 0 unspecified atom stereocenters. The molecular weight excluding hydrogens is 234 g/mol. The summed E-state index contributed by atoms with van der Waals surface area (Å²) in [7, 11) is 0. The first kappa shape index (κ1) is 13.8. The molecule has 0 atom stereocenters. The van der Waals surface area contributed by atoms with Crippen molar-refractivity contribution in [1.29, 1.82) is 0 Å². The molecule has 0 aromatic heterocycles. The molecule has 0 saturated carbocycles. The molecule has 1 aromatic rings. The number of halogens is 1. The van der Waals surface area contributed by atoms with Crippen molar-refractivity contribution in [3.63, 3.8) is 0 Å². The minimum atomic E-state index is -0.00611. The van der Waals surface area contributed by atoms with Crippen LogP contribution in [0.1, 0.15) is 32.3 Å². The Morgan fingerprint density at radius 1 is 1.35 bits per heavy atom. The predicted molar refractivity (Wildman–Crippen MR) is 73.0 cm³/mol. The number of amides is 1. The molecule has 0 heterocycles. The zero-order valence-electron chi connectivity index (χ0n) is 10.3.